The van der Waals surface area contributed by atoms with Crippen LogP contribution >= 0.6 is 0 Å². The van der Waals surface area contributed by atoms with E-state index in [9.17, 15) is 0 Å². The molecule has 0 saturated carbocycles. The van der Waals surface area contributed by atoms with E-state index in [0.29, 0.717) is 0 Å². The first kappa shape index (κ1) is 33.9. The monoisotopic (exact) mass is 740 g/mol. The van der Waals surface area contributed by atoms with Gasteiger partial charge in [0.1, 0.15) is 0 Å². The molecule has 2 heteroatoms. The van der Waals surface area contributed by atoms with Crippen molar-refractivity contribution in [3.8, 4) is 39.1 Å². The molecule has 0 atom stereocenters. The zero-order valence-electron chi connectivity index (χ0n) is 32.1. The molecule has 9 aromatic carbocycles. The van der Waals surface area contributed by atoms with E-state index in [-0.39, 0.29) is 0 Å². The van der Waals surface area contributed by atoms with Crippen LogP contribution in [0.5, 0.6) is 0 Å². The molecule has 0 fully saturated rings. The van der Waals surface area contributed by atoms with Gasteiger partial charge < -0.3 is 9.47 Å². The van der Waals surface area contributed by atoms with Crippen molar-refractivity contribution >= 4 is 55.7 Å². The van der Waals surface area contributed by atoms with Crippen molar-refractivity contribution in [1.29, 1.82) is 0 Å². The van der Waals surface area contributed by atoms with Crippen LogP contribution in [0.15, 0.2) is 212 Å². The molecule has 0 radical (unpaired) electrons. The Morgan fingerprint density at radius 2 is 1.00 bits per heavy atom. The summed E-state index contributed by atoms with van der Waals surface area (Å²) in [6.45, 7) is 0. The Morgan fingerprint density at radius 3 is 1.74 bits per heavy atom. The van der Waals surface area contributed by atoms with Crippen LogP contribution in [-0.2, 0) is 6.42 Å². The average Bonchev–Trinajstić information content (AvgIpc) is 3.62. The topological polar surface area (TPSA) is 8.17 Å². The Labute approximate surface area is 339 Å². The summed E-state index contributed by atoms with van der Waals surface area (Å²) in [5, 5.41) is 5.06. The van der Waals surface area contributed by atoms with E-state index in [4.69, 9.17) is 0 Å². The molecule has 274 valence electrons. The first-order valence-electron chi connectivity index (χ1n) is 20.2. The lowest BCUT2D eigenvalue weighted by atomic mass is 9.88. The normalized spacial score (nSPS) is 12.3. The summed E-state index contributed by atoms with van der Waals surface area (Å²) in [6.07, 6.45) is 6.68. The fourth-order valence-corrected chi connectivity index (χ4v) is 9.03. The summed E-state index contributed by atoms with van der Waals surface area (Å²) in [5.41, 5.74) is 17.1. The number of hydrogen-bond donors (Lipinski definition) is 0. The van der Waals surface area contributed by atoms with Gasteiger partial charge in [0.15, 0.2) is 0 Å². The van der Waals surface area contributed by atoms with E-state index in [1.165, 1.54) is 77.1 Å². The third kappa shape index (κ3) is 5.90. The highest BCUT2D eigenvalue weighted by atomic mass is 15.1. The number of rotatable bonds is 7. The van der Waals surface area contributed by atoms with Gasteiger partial charge >= 0.3 is 0 Å². The van der Waals surface area contributed by atoms with Crippen molar-refractivity contribution in [3.63, 3.8) is 0 Å². The summed E-state index contributed by atoms with van der Waals surface area (Å²) in [6, 6.07) is 75.4. The molecule has 0 amide bonds. The number of nitrogens with zero attached hydrogens (tertiary/aromatic N) is 2. The Hall–Kier alpha value is -7.42. The summed E-state index contributed by atoms with van der Waals surface area (Å²) in [7, 11) is 0. The Balaban J connectivity index is 0.985. The summed E-state index contributed by atoms with van der Waals surface area (Å²) >= 11 is 0. The molecule has 1 heterocycles. The van der Waals surface area contributed by atoms with E-state index in [1.54, 1.807) is 0 Å². The average molecular weight is 741 g/mol. The lowest BCUT2D eigenvalue weighted by molar-refractivity contribution is 0.988. The van der Waals surface area contributed by atoms with Crippen LogP contribution in [0, 0.1) is 0 Å². The number of aromatic nitrogens is 1. The zero-order chi connectivity index (χ0) is 38.4. The quantitative estimate of drug-likeness (QED) is 0.158. The Bertz CT molecular complexity index is 3130. The maximum absolute atomic E-state index is 2.42. The predicted molar refractivity (Wildman–Crippen MR) is 247 cm³/mol. The first-order chi connectivity index (χ1) is 28.8. The molecule has 1 aliphatic rings. The molecule has 10 aromatic rings. The highest BCUT2D eigenvalue weighted by Crippen LogP contribution is 2.44. The molecular formula is C56H40N2. The van der Waals surface area contributed by atoms with Crippen LogP contribution in [-0.4, -0.2) is 4.57 Å². The van der Waals surface area contributed by atoms with Crippen LogP contribution in [0.3, 0.4) is 0 Å². The van der Waals surface area contributed by atoms with Gasteiger partial charge in [-0.3, -0.25) is 0 Å². The van der Waals surface area contributed by atoms with Gasteiger partial charge in [-0.05, 0) is 123 Å². The van der Waals surface area contributed by atoms with Crippen molar-refractivity contribution in [3.05, 3.63) is 223 Å². The molecule has 1 aromatic heterocycles. The first-order valence-corrected chi connectivity index (χ1v) is 20.2. The molecule has 2 nitrogen and oxygen atoms in total. The van der Waals surface area contributed by atoms with E-state index in [1.807, 2.05) is 0 Å². The number of anilines is 3. The maximum Gasteiger partial charge on any atom is 0.0547 e. The molecule has 58 heavy (non-hydrogen) atoms. The lowest BCUT2D eigenvalue weighted by Gasteiger charge is -2.29. The minimum Gasteiger partial charge on any atom is -0.310 e. The van der Waals surface area contributed by atoms with E-state index in [2.05, 4.69) is 228 Å². The van der Waals surface area contributed by atoms with E-state index >= 15 is 0 Å². The van der Waals surface area contributed by atoms with Crippen LogP contribution in [0.1, 0.15) is 17.5 Å². The van der Waals surface area contributed by atoms with Crippen LogP contribution < -0.4 is 4.90 Å². The fourth-order valence-electron chi connectivity index (χ4n) is 9.03. The molecule has 0 N–H and O–H groups in total. The van der Waals surface area contributed by atoms with Gasteiger partial charge in [0.05, 0.1) is 16.7 Å². The highest BCUT2D eigenvalue weighted by Gasteiger charge is 2.20. The summed E-state index contributed by atoms with van der Waals surface area (Å²) in [4.78, 5) is 2.42. The third-order valence-corrected chi connectivity index (χ3v) is 11.9. The van der Waals surface area contributed by atoms with Crippen molar-refractivity contribution < 1.29 is 0 Å². The van der Waals surface area contributed by atoms with Crippen molar-refractivity contribution in [2.24, 2.45) is 0 Å². The van der Waals surface area contributed by atoms with Crippen LogP contribution in [0.2, 0.25) is 0 Å². The number of para-hydroxylation sites is 2. The van der Waals surface area contributed by atoms with Gasteiger partial charge in [-0.1, -0.05) is 158 Å². The molecule has 0 saturated heterocycles. The molecule has 0 aliphatic heterocycles. The van der Waals surface area contributed by atoms with Gasteiger partial charge in [0, 0.05) is 33.4 Å². The van der Waals surface area contributed by atoms with Gasteiger partial charge in [0.2, 0.25) is 0 Å². The van der Waals surface area contributed by atoms with Gasteiger partial charge in [-0.25, -0.2) is 0 Å². The smallest absolute Gasteiger partial charge is 0.0547 e. The number of hydrogen-bond acceptors (Lipinski definition) is 1. The maximum atomic E-state index is 2.42. The summed E-state index contributed by atoms with van der Waals surface area (Å²) in [5.74, 6) is 0. The second-order valence-corrected chi connectivity index (χ2v) is 15.2. The summed E-state index contributed by atoms with van der Waals surface area (Å²) < 4.78 is 2.41. The zero-order valence-corrected chi connectivity index (χ0v) is 32.1. The Morgan fingerprint density at radius 1 is 0.414 bits per heavy atom. The minimum atomic E-state index is 1.04. The molecule has 0 bridgehead atoms. The van der Waals surface area contributed by atoms with Crippen LogP contribution in [0.4, 0.5) is 17.1 Å². The molecule has 0 unspecified atom stereocenters. The molecular weight excluding hydrogens is 701 g/mol. The minimum absolute atomic E-state index is 1.04. The standard InChI is InChI=1S/C56H40N2/c1-2-13-39(14-3-1)40-25-31-46(32-26-40)57(54-23-10-8-20-51(54)50-22-12-18-43-15-6-7-19-49(43)50)47-33-27-41(28-34-47)42-29-35-48(36-30-42)58-55-24-11-9-21-52(55)53-37-44-16-4-5-17-45(44)38-56(53)58/h1-6,8-18,20-38H,7,19H2. The largest absolute Gasteiger partial charge is 0.310 e. The van der Waals surface area contributed by atoms with Crippen molar-refractivity contribution in [2.75, 3.05) is 4.90 Å². The molecule has 1 aliphatic carbocycles. The Kier molecular flexibility index (Phi) is 8.33. The number of allylic oxidation sites excluding steroid dienone is 1. The third-order valence-electron chi connectivity index (χ3n) is 11.9. The van der Waals surface area contributed by atoms with Crippen molar-refractivity contribution in [2.45, 2.75) is 12.8 Å². The number of benzene rings is 9. The highest BCUT2D eigenvalue weighted by molar-refractivity contribution is 6.13. The molecule has 11 rings (SSSR count). The number of fused-ring (bicyclic) bond motifs is 5. The second-order valence-electron chi connectivity index (χ2n) is 15.2. The van der Waals surface area contributed by atoms with Gasteiger partial charge in [0.25, 0.3) is 0 Å². The van der Waals surface area contributed by atoms with Gasteiger partial charge in [-0.2, -0.15) is 0 Å². The molecule has 0 spiro atoms. The SMILES string of the molecule is C1=Cc2cccc(-c3ccccc3N(c3ccc(-c4ccccc4)cc3)c3ccc(-c4ccc(-n5c6ccccc6c6cc7ccccc7cc65)cc4)cc3)c2CC1. The van der Waals surface area contributed by atoms with E-state index < -0.39 is 0 Å². The second kappa shape index (κ2) is 14.3. The lowest BCUT2D eigenvalue weighted by Crippen LogP contribution is -2.11. The van der Waals surface area contributed by atoms with Crippen LogP contribution in [0.25, 0.3) is 77.7 Å². The van der Waals surface area contributed by atoms with Gasteiger partial charge in [-0.15, -0.1) is 0 Å². The fraction of sp³-hybridized carbons (Fsp3) is 0.0357. The van der Waals surface area contributed by atoms with E-state index in [0.717, 1.165) is 35.6 Å². The predicted octanol–water partition coefficient (Wildman–Crippen LogP) is 15.4. The van der Waals surface area contributed by atoms with Crippen molar-refractivity contribution in [1.82, 2.24) is 4.57 Å².